The molecule has 0 bridgehead atoms. The first-order chi connectivity index (χ1) is 8.47. The van der Waals surface area contributed by atoms with Gasteiger partial charge in [0.2, 0.25) is 0 Å². The van der Waals surface area contributed by atoms with Crippen LogP contribution in [0.2, 0.25) is 10.0 Å². The van der Waals surface area contributed by atoms with Crippen LogP contribution in [0.1, 0.15) is 0 Å². The van der Waals surface area contributed by atoms with E-state index in [1.807, 2.05) is 0 Å². The van der Waals surface area contributed by atoms with Gasteiger partial charge in [-0.25, -0.2) is 4.39 Å². The molecular formula is C12H7BrCl2FNO. The number of hydrogen-bond acceptors (Lipinski definition) is 2. The van der Waals surface area contributed by atoms with Crippen molar-refractivity contribution in [1.29, 1.82) is 0 Å². The molecule has 6 heteroatoms. The van der Waals surface area contributed by atoms with Crippen molar-refractivity contribution in [3.8, 4) is 11.5 Å². The van der Waals surface area contributed by atoms with Crippen LogP contribution in [0.15, 0.2) is 34.8 Å². The third-order valence-electron chi connectivity index (χ3n) is 2.17. The van der Waals surface area contributed by atoms with Gasteiger partial charge in [-0.1, -0.05) is 23.2 Å². The van der Waals surface area contributed by atoms with Gasteiger partial charge in [0.05, 0.1) is 15.2 Å². The van der Waals surface area contributed by atoms with Crippen LogP contribution in [0, 0.1) is 5.82 Å². The van der Waals surface area contributed by atoms with Crippen LogP contribution in [0.4, 0.5) is 10.1 Å². The van der Waals surface area contributed by atoms with Crippen molar-refractivity contribution < 1.29 is 9.13 Å². The number of rotatable bonds is 2. The molecule has 0 heterocycles. The van der Waals surface area contributed by atoms with Crippen molar-refractivity contribution in [1.82, 2.24) is 0 Å². The van der Waals surface area contributed by atoms with Gasteiger partial charge in [0.15, 0.2) is 5.75 Å². The van der Waals surface area contributed by atoms with Gasteiger partial charge in [0.25, 0.3) is 0 Å². The molecule has 0 spiro atoms. The van der Waals surface area contributed by atoms with Gasteiger partial charge in [0.1, 0.15) is 11.6 Å². The van der Waals surface area contributed by atoms with Gasteiger partial charge in [-0.05, 0) is 28.1 Å². The van der Waals surface area contributed by atoms with E-state index in [0.29, 0.717) is 21.5 Å². The highest BCUT2D eigenvalue weighted by Gasteiger charge is 2.10. The number of halogens is 4. The zero-order valence-electron chi connectivity index (χ0n) is 8.88. The number of hydrogen-bond donors (Lipinski definition) is 1. The minimum Gasteiger partial charge on any atom is -0.454 e. The fraction of sp³-hybridized carbons (Fsp3) is 0. The lowest BCUT2D eigenvalue weighted by molar-refractivity contribution is 0.483. The van der Waals surface area contributed by atoms with Crippen LogP contribution in [-0.2, 0) is 0 Å². The molecule has 94 valence electrons. The SMILES string of the molecule is Nc1cc(F)c(Br)cc1Oc1cc(Cl)ccc1Cl. The van der Waals surface area contributed by atoms with Gasteiger partial charge < -0.3 is 10.5 Å². The summed E-state index contributed by atoms with van der Waals surface area (Å²) >= 11 is 14.9. The zero-order chi connectivity index (χ0) is 13.3. The number of nitrogens with two attached hydrogens (primary N) is 1. The summed E-state index contributed by atoms with van der Waals surface area (Å²) in [7, 11) is 0. The fourth-order valence-corrected chi connectivity index (χ4v) is 1.95. The van der Waals surface area contributed by atoms with Crippen molar-refractivity contribution in [2.75, 3.05) is 5.73 Å². The summed E-state index contributed by atoms with van der Waals surface area (Å²) < 4.78 is 19.0. The molecule has 0 saturated carbocycles. The summed E-state index contributed by atoms with van der Waals surface area (Å²) in [4.78, 5) is 0. The maximum Gasteiger partial charge on any atom is 0.151 e. The van der Waals surface area contributed by atoms with Gasteiger partial charge in [-0.2, -0.15) is 0 Å². The molecular weight excluding hydrogens is 344 g/mol. The molecule has 2 aromatic rings. The van der Waals surface area contributed by atoms with Crippen molar-refractivity contribution >= 4 is 44.8 Å². The van der Waals surface area contributed by atoms with Crippen LogP contribution in [0.5, 0.6) is 11.5 Å². The van der Waals surface area contributed by atoms with Crippen molar-refractivity contribution in [3.63, 3.8) is 0 Å². The average Bonchev–Trinajstić information content (AvgIpc) is 2.30. The lowest BCUT2D eigenvalue weighted by Gasteiger charge is -2.11. The Balaban J connectivity index is 2.40. The molecule has 2 nitrogen and oxygen atoms in total. The Bertz CT molecular complexity index is 607. The maximum atomic E-state index is 13.2. The van der Waals surface area contributed by atoms with Crippen molar-refractivity contribution in [2.45, 2.75) is 0 Å². The van der Waals surface area contributed by atoms with E-state index >= 15 is 0 Å². The van der Waals surface area contributed by atoms with Gasteiger partial charge >= 0.3 is 0 Å². The third-order valence-corrected chi connectivity index (χ3v) is 3.32. The fourth-order valence-electron chi connectivity index (χ4n) is 1.31. The summed E-state index contributed by atoms with van der Waals surface area (Å²) in [6.45, 7) is 0. The topological polar surface area (TPSA) is 35.2 Å². The molecule has 0 unspecified atom stereocenters. The Morgan fingerprint density at radius 3 is 2.56 bits per heavy atom. The molecule has 0 radical (unpaired) electrons. The second-order valence-corrected chi connectivity index (χ2v) is 5.18. The minimum absolute atomic E-state index is 0.173. The lowest BCUT2D eigenvalue weighted by atomic mass is 10.3. The summed E-state index contributed by atoms with van der Waals surface area (Å²) in [5, 5.41) is 0.869. The van der Waals surface area contributed by atoms with Gasteiger partial charge in [0, 0.05) is 23.2 Å². The van der Waals surface area contributed by atoms with E-state index < -0.39 is 5.82 Å². The van der Waals surface area contributed by atoms with Gasteiger partial charge in [-0.15, -0.1) is 0 Å². The molecule has 0 aliphatic heterocycles. The van der Waals surface area contributed by atoms with E-state index in [2.05, 4.69) is 15.9 Å². The number of ether oxygens (including phenoxy) is 1. The molecule has 0 aromatic heterocycles. The Kier molecular flexibility index (Phi) is 4.00. The Labute approximate surface area is 122 Å². The predicted octanol–water partition coefficient (Wildman–Crippen LogP) is 5.27. The normalized spacial score (nSPS) is 10.4. The lowest BCUT2D eigenvalue weighted by Crippen LogP contribution is -1.94. The summed E-state index contributed by atoms with van der Waals surface area (Å²) in [6.07, 6.45) is 0. The number of anilines is 1. The summed E-state index contributed by atoms with van der Waals surface area (Å²) in [5.74, 6) is 0.193. The number of benzene rings is 2. The van der Waals surface area contributed by atoms with E-state index in [9.17, 15) is 4.39 Å². The molecule has 2 rings (SSSR count). The molecule has 2 aromatic carbocycles. The van der Waals surface area contributed by atoms with Crippen LogP contribution in [0.25, 0.3) is 0 Å². The van der Waals surface area contributed by atoms with E-state index in [0.717, 1.165) is 6.07 Å². The van der Waals surface area contributed by atoms with E-state index in [1.54, 1.807) is 18.2 Å². The molecule has 0 amide bonds. The molecule has 0 aliphatic rings. The van der Waals surface area contributed by atoms with E-state index in [1.165, 1.54) is 6.07 Å². The highest BCUT2D eigenvalue weighted by atomic mass is 79.9. The predicted molar refractivity (Wildman–Crippen MR) is 75.0 cm³/mol. The molecule has 2 N–H and O–H groups in total. The van der Waals surface area contributed by atoms with Crippen molar-refractivity contribution in [3.05, 3.63) is 50.7 Å². The Morgan fingerprint density at radius 1 is 1.11 bits per heavy atom. The Hall–Kier alpha value is -0.970. The van der Waals surface area contributed by atoms with Crippen LogP contribution >= 0.6 is 39.1 Å². The van der Waals surface area contributed by atoms with Crippen LogP contribution < -0.4 is 10.5 Å². The average molecular weight is 351 g/mol. The second kappa shape index (κ2) is 5.34. The Morgan fingerprint density at radius 2 is 1.83 bits per heavy atom. The first-order valence-electron chi connectivity index (χ1n) is 4.85. The molecule has 0 aliphatic carbocycles. The third kappa shape index (κ3) is 2.88. The molecule has 18 heavy (non-hydrogen) atoms. The van der Waals surface area contributed by atoms with Crippen molar-refractivity contribution in [2.24, 2.45) is 0 Å². The zero-order valence-corrected chi connectivity index (χ0v) is 12.0. The monoisotopic (exact) mass is 349 g/mol. The second-order valence-electron chi connectivity index (χ2n) is 3.48. The highest BCUT2D eigenvalue weighted by molar-refractivity contribution is 9.10. The first-order valence-corrected chi connectivity index (χ1v) is 6.39. The quantitative estimate of drug-likeness (QED) is 0.749. The molecule has 0 fully saturated rings. The van der Waals surface area contributed by atoms with Crippen LogP contribution in [-0.4, -0.2) is 0 Å². The van der Waals surface area contributed by atoms with Crippen LogP contribution in [0.3, 0.4) is 0 Å². The maximum absolute atomic E-state index is 13.2. The molecule has 0 saturated heterocycles. The van der Waals surface area contributed by atoms with E-state index in [4.69, 9.17) is 33.7 Å². The van der Waals surface area contributed by atoms with E-state index in [-0.39, 0.29) is 10.2 Å². The molecule has 0 atom stereocenters. The van der Waals surface area contributed by atoms with Gasteiger partial charge in [-0.3, -0.25) is 0 Å². The largest absolute Gasteiger partial charge is 0.454 e. The smallest absolute Gasteiger partial charge is 0.151 e. The first kappa shape index (κ1) is 13.5. The summed E-state index contributed by atoms with van der Waals surface area (Å²) in [6, 6.07) is 7.40. The number of nitrogen functional groups attached to an aromatic ring is 1. The summed E-state index contributed by atoms with van der Waals surface area (Å²) in [5.41, 5.74) is 5.84. The standard InChI is InChI=1S/C12H7BrCl2FNO/c13-7-4-12(10(17)5-9(7)16)18-11-3-6(14)1-2-8(11)15/h1-5H,17H2. The highest BCUT2D eigenvalue weighted by Crippen LogP contribution is 2.36. The minimum atomic E-state index is -0.461.